The van der Waals surface area contributed by atoms with Gasteiger partial charge in [-0.15, -0.1) is 0 Å². The summed E-state index contributed by atoms with van der Waals surface area (Å²) in [4.78, 5) is 28.1. The molecule has 2 aromatic rings. The fourth-order valence-corrected chi connectivity index (χ4v) is 3.09. The molecule has 0 aliphatic carbocycles. The first-order chi connectivity index (χ1) is 13.0. The molecular formula is C22H27NO4. The van der Waals surface area contributed by atoms with E-state index in [-0.39, 0.29) is 5.78 Å². The summed E-state index contributed by atoms with van der Waals surface area (Å²) < 4.78 is 6.05. The highest BCUT2D eigenvalue weighted by Gasteiger charge is 2.25. The predicted octanol–water partition coefficient (Wildman–Crippen LogP) is 4.78. The molecule has 5 heteroatoms. The molecule has 1 N–H and O–H groups in total. The second kappa shape index (κ2) is 9.86. The topological polar surface area (TPSA) is 76.5 Å². The Balaban J connectivity index is 2.54. The quantitative estimate of drug-likeness (QED) is 0.610. The van der Waals surface area contributed by atoms with Crippen LogP contribution in [-0.4, -0.2) is 21.8 Å². The maximum absolute atomic E-state index is 12.2. The number of hydrogen-bond donors (Lipinski definition) is 1. The van der Waals surface area contributed by atoms with Gasteiger partial charge in [-0.05, 0) is 42.2 Å². The fourth-order valence-electron chi connectivity index (χ4n) is 3.09. The van der Waals surface area contributed by atoms with Gasteiger partial charge < -0.3 is 9.84 Å². The molecule has 0 spiro atoms. The summed E-state index contributed by atoms with van der Waals surface area (Å²) >= 11 is 0. The number of rotatable bonds is 10. The first-order valence-corrected chi connectivity index (χ1v) is 9.50. The van der Waals surface area contributed by atoms with Crippen LogP contribution in [0.2, 0.25) is 0 Å². The SMILES string of the molecule is CCCc1cc(C(=O)CC)cc(CCC)c1OC(C(=O)O)c1cccnc1. The molecule has 0 aliphatic rings. The molecule has 27 heavy (non-hydrogen) atoms. The maximum Gasteiger partial charge on any atom is 0.349 e. The predicted molar refractivity (Wildman–Crippen MR) is 104 cm³/mol. The molecule has 0 aliphatic heterocycles. The van der Waals surface area contributed by atoms with E-state index in [2.05, 4.69) is 4.98 Å². The molecule has 1 heterocycles. The van der Waals surface area contributed by atoms with Crippen molar-refractivity contribution in [3.8, 4) is 5.75 Å². The lowest BCUT2D eigenvalue weighted by molar-refractivity contribution is -0.145. The number of nitrogens with zero attached hydrogens (tertiary/aromatic N) is 1. The molecule has 5 nitrogen and oxygen atoms in total. The Morgan fingerprint density at radius 2 is 1.74 bits per heavy atom. The second-order valence-corrected chi connectivity index (χ2v) is 6.52. The monoisotopic (exact) mass is 369 g/mol. The molecule has 0 saturated carbocycles. The number of carboxylic acids is 1. The second-order valence-electron chi connectivity index (χ2n) is 6.52. The Labute approximate surface area is 160 Å². The third-order valence-corrected chi connectivity index (χ3v) is 4.37. The van der Waals surface area contributed by atoms with Crippen LogP contribution in [0, 0.1) is 0 Å². The number of aryl methyl sites for hydroxylation is 2. The molecule has 0 radical (unpaired) electrons. The number of Topliss-reactive ketones (excluding diaryl/α,β-unsaturated/α-hetero) is 1. The van der Waals surface area contributed by atoms with E-state index < -0.39 is 12.1 Å². The molecule has 1 aromatic heterocycles. The van der Waals surface area contributed by atoms with Crippen LogP contribution >= 0.6 is 0 Å². The van der Waals surface area contributed by atoms with Crippen molar-refractivity contribution in [3.63, 3.8) is 0 Å². The average Bonchev–Trinajstić information content (AvgIpc) is 2.67. The lowest BCUT2D eigenvalue weighted by atomic mass is 9.95. The highest BCUT2D eigenvalue weighted by atomic mass is 16.5. The van der Waals surface area contributed by atoms with Gasteiger partial charge in [-0.25, -0.2) is 4.79 Å². The standard InChI is InChI=1S/C22H27NO4/c1-4-8-15-12-18(19(24)6-3)13-16(9-5-2)20(15)27-21(22(25)26)17-10-7-11-23-14-17/h7,10-14,21H,4-6,8-9H2,1-3H3,(H,25,26). The van der Waals surface area contributed by atoms with E-state index in [0.717, 1.165) is 36.8 Å². The fraction of sp³-hybridized carbons (Fsp3) is 0.409. The van der Waals surface area contributed by atoms with Crippen LogP contribution in [0.4, 0.5) is 0 Å². The number of hydrogen-bond acceptors (Lipinski definition) is 4. The van der Waals surface area contributed by atoms with Crippen molar-refractivity contribution in [1.29, 1.82) is 0 Å². The number of ketones is 1. The molecular weight excluding hydrogens is 342 g/mol. The van der Waals surface area contributed by atoms with Crippen molar-refractivity contribution in [2.45, 2.75) is 59.0 Å². The smallest absolute Gasteiger partial charge is 0.349 e. The van der Waals surface area contributed by atoms with Crippen LogP contribution in [0.5, 0.6) is 5.75 Å². The largest absolute Gasteiger partial charge is 0.478 e. The van der Waals surface area contributed by atoms with Gasteiger partial charge in [-0.3, -0.25) is 9.78 Å². The maximum atomic E-state index is 12.2. The Morgan fingerprint density at radius 1 is 1.11 bits per heavy atom. The van der Waals surface area contributed by atoms with Gasteiger partial charge in [-0.2, -0.15) is 0 Å². The Morgan fingerprint density at radius 3 is 2.19 bits per heavy atom. The summed E-state index contributed by atoms with van der Waals surface area (Å²) in [6, 6.07) is 7.09. The molecule has 0 fully saturated rings. The summed E-state index contributed by atoms with van der Waals surface area (Å²) in [5, 5.41) is 9.70. The van der Waals surface area contributed by atoms with Gasteiger partial charge in [-0.1, -0.05) is 39.7 Å². The number of carboxylic acid groups (broad SMARTS) is 1. The molecule has 0 bridgehead atoms. The highest BCUT2D eigenvalue weighted by Crippen LogP contribution is 2.33. The summed E-state index contributed by atoms with van der Waals surface area (Å²) in [5.41, 5.74) is 2.93. The number of pyridine rings is 1. The van der Waals surface area contributed by atoms with Crippen LogP contribution in [0.3, 0.4) is 0 Å². The van der Waals surface area contributed by atoms with Crippen LogP contribution in [0.1, 0.15) is 73.2 Å². The summed E-state index contributed by atoms with van der Waals surface area (Å²) in [6.45, 7) is 5.94. The van der Waals surface area contributed by atoms with Gasteiger partial charge >= 0.3 is 5.97 Å². The third kappa shape index (κ3) is 5.16. The van der Waals surface area contributed by atoms with Crippen LogP contribution in [0.15, 0.2) is 36.7 Å². The van der Waals surface area contributed by atoms with E-state index in [1.54, 1.807) is 18.3 Å². The molecule has 1 aromatic carbocycles. The minimum Gasteiger partial charge on any atom is -0.478 e. The Bertz CT molecular complexity index is 759. The highest BCUT2D eigenvalue weighted by molar-refractivity contribution is 5.96. The van der Waals surface area contributed by atoms with Crippen molar-refractivity contribution in [3.05, 3.63) is 58.9 Å². The number of carbonyl (C=O) groups excluding carboxylic acids is 1. The van der Waals surface area contributed by atoms with E-state index in [4.69, 9.17) is 4.74 Å². The summed E-state index contributed by atoms with van der Waals surface area (Å²) in [6.07, 6.45) is 5.58. The van der Waals surface area contributed by atoms with Crippen molar-refractivity contribution >= 4 is 11.8 Å². The first-order valence-electron chi connectivity index (χ1n) is 9.50. The minimum atomic E-state index is -1.14. The summed E-state index contributed by atoms with van der Waals surface area (Å²) in [7, 11) is 0. The number of aliphatic carboxylic acids is 1. The van der Waals surface area contributed by atoms with Gasteiger partial charge in [0.1, 0.15) is 5.75 Å². The van der Waals surface area contributed by atoms with Gasteiger partial charge in [0, 0.05) is 29.9 Å². The van der Waals surface area contributed by atoms with Crippen molar-refractivity contribution in [2.24, 2.45) is 0 Å². The number of ether oxygens (including phenoxy) is 1. The van der Waals surface area contributed by atoms with Gasteiger partial charge in [0.2, 0.25) is 6.10 Å². The van der Waals surface area contributed by atoms with Crippen LogP contribution < -0.4 is 4.74 Å². The van der Waals surface area contributed by atoms with Crippen molar-refractivity contribution < 1.29 is 19.4 Å². The number of carbonyl (C=O) groups is 2. The molecule has 0 amide bonds. The Hall–Kier alpha value is -2.69. The summed E-state index contributed by atoms with van der Waals surface area (Å²) in [5.74, 6) is -0.400. The molecule has 144 valence electrons. The molecule has 1 atom stereocenters. The lowest BCUT2D eigenvalue weighted by Gasteiger charge is -2.21. The van der Waals surface area contributed by atoms with E-state index in [9.17, 15) is 14.7 Å². The van der Waals surface area contributed by atoms with E-state index in [1.807, 2.05) is 32.9 Å². The third-order valence-electron chi connectivity index (χ3n) is 4.37. The molecule has 2 rings (SSSR count). The zero-order valence-corrected chi connectivity index (χ0v) is 16.2. The average molecular weight is 369 g/mol. The van der Waals surface area contributed by atoms with E-state index >= 15 is 0 Å². The van der Waals surface area contributed by atoms with Crippen molar-refractivity contribution in [1.82, 2.24) is 4.98 Å². The number of aromatic nitrogens is 1. The molecule has 0 saturated heterocycles. The minimum absolute atomic E-state index is 0.0818. The van der Waals surface area contributed by atoms with Gasteiger partial charge in [0.25, 0.3) is 0 Å². The van der Waals surface area contributed by atoms with Crippen LogP contribution in [0.25, 0.3) is 0 Å². The van der Waals surface area contributed by atoms with Gasteiger partial charge in [0.15, 0.2) is 5.78 Å². The van der Waals surface area contributed by atoms with Crippen molar-refractivity contribution in [2.75, 3.05) is 0 Å². The lowest BCUT2D eigenvalue weighted by Crippen LogP contribution is -2.20. The Kier molecular flexibility index (Phi) is 7.53. The zero-order valence-electron chi connectivity index (χ0n) is 16.2. The molecule has 1 unspecified atom stereocenters. The van der Waals surface area contributed by atoms with E-state index in [0.29, 0.717) is 23.3 Å². The van der Waals surface area contributed by atoms with Gasteiger partial charge in [0.05, 0.1) is 0 Å². The number of benzene rings is 1. The van der Waals surface area contributed by atoms with E-state index in [1.165, 1.54) is 6.20 Å². The van der Waals surface area contributed by atoms with Crippen LogP contribution in [-0.2, 0) is 17.6 Å². The zero-order chi connectivity index (χ0) is 19.8. The first kappa shape index (κ1) is 20.6. The normalized spacial score (nSPS) is 11.8.